The molecule has 1 amide bonds. The number of nitro groups is 1. The molecule has 3 aromatic heterocycles. The molecule has 0 spiro atoms. The van der Waals surface area contributed by atoms with Gasteiger partial charge in [0.05, 0.1) is 39.7 Å². The van der Waals surface area contributed by atoms with Gasteiger partial charge < -0.3 is 20.0 Å². The van der Waals surface area contributed by atoms with Crippen LogP contribution in [0, 0.1) is 24.0 Å². The number of thiazole rings is 1. The lowest BCUT2D eigenvalue weighted by Crippen LogP contribution is -2.16. The number of nitrogens with zero attached hydrogens (tertiary/aromatic N) is 5. The molecule has 0 saturated heterocycles. The summed E-state index contributed by atoms with van der Waals surface area (Å²) in [7, 11) is 0. The zero-order valence-corrected chi connectivity index (χ0v) is 19.0. The summed E-state index contributed by atoms with van der Waals surface area (Å²) >= 11 is 1.62. The van der Waals surface area contributed by atoms with Gasteiger partial charge in [0.2, 0.25) is 0 Å². The minimum Gasteiger partial charge on any atom is -0.361 e. The normalized spacial score (nSPS) is 11.1. The Labute approximate surface area is 197 Å². The maximum absolute atomic E-state index is 12.9. The van der Waals surface area contributed by atoms with E-state index in [4.69, 9.17) is 4.52 Å². The molecule has 0 unspecified atom stereocenters. The van der Waals surface area contributed by atoms with Crippen LogP contribution in [0.25, 0.3) is 20.8 Å². The molecule has 5 aromatic rings. The van der Waals surface area contributed by atoms with E-state index in [1.165, 1.54) is 22.5 Å². The number of aromatic nitrogens is 4. The van der Waals surface area contributed by atoms with Gasteiger partial charge in [0.25, 0.3) is 5.91 Å². The van der Waals surface area contributed by atoms with Crippen LogP contribution in [-0.4, -0.2) is 30.8 Å². The lowest BCUT2D eigenvalue weighted by atomic mass is 10.1. The van der Waals surface area contributed by atoms with Crippen LogP contribution >= 0.6 is 11.3 Å². The molecular weight excluding hydrogens is 456 g/mol. The van der Waals surface area contributed by atoms with Crippen LogP contribution in [-0.2, 0) is 6.54 Å². The second kappa shape index (κ2) is 8.52. The van der Waals surface area contributed by atoms with Gasteiger partial charge in [0.1, 0.15) is 10.8 Å². The van der Waals surface area contributed by atoms with Crippen molar-refractivity contribution in [3.63, 3.8) is 0 Å². The Kier molecular flexibility index (Phi) is 5.38. The summed E-state index contributed by atoms with van der Waals surface area (Å²) in [6, 6.07) is 14.9. The van der Waals surface area contributed by atoms with E-state index in [0.29, 0.717) is 17.0 Å². The molecule has 0 atom stereocenters. The van der Waals surface area contributed by atoms with Gasteiger partial charge in [-0.2, -0.15) is 4.68 Å². The molecular formula is C23H18N6O4S. The number of fused-ring (bicyclic) bond motifs is 1. The average Bonchev–Trinajstić information content (AvgIpc) is 3.53. The van der Waals surface area contributed by atoms with Gasteiger partial charge in [-0.25, -0.2) is 4.98 Å². The summed E-state index contributed by atoms with van der Waals surface area (Å²) in [5.74, 6) is -0.287. The molecule has 11 heteroatoms. The Hall–Kier alpha value is -4.38. The quantitative estimate of drug-likeness (QED) is 0.272. The van der Waals surface area contributed by atoms with Crippen molar-refractivity contribution in [3.05, 3.63) is 87.4 Å². The Bertz CT molecular complexity index is 1530. The van der Waals surface area contributed by atoms with Gasteiger partial charge in [-0.15, -0.1) is 11.3 Å². The molecule has 0 bridgehead atoms. The molecule has 0 saturated carbocycles. The molecule has 10 nitrogen and oxygen atoms in total. The van der Waals surface area contributed by atoms with Crippen LogP contribution in [0.15, 0.2) is 59.3 Å². The van der Waals surface area contributed by atoms with Gasteiger partial charge in [-0.3, -0.25) is 4.79 Å². The summed E-state index contributed by atoms with van der Waals surface area (Å²) in [6.07, 6.45) is 1.47. The van der Waals surface area contributed by atoms with Crippen LogP contribution in [0.2, 0.25) is 0 Å². The van der Waals surface area contributed by atoms with Crippen LogP contribution < -0.4 is 5.32 Å². The van der Waals surface area contributed by atoms with E-state index >= 15 is 0 Å². The third-order valence-corrected chi connectivity index (χ3v) is 6.33. The monoisotopic (exact) mass is 474 g/mol. The largest absolute Gasteiger partial charge is 0.389 e. The molecule has 1 N–H and O–H groups in total. The predicted octanol–water partition coefficient (Wildman–Crippen LogP) is 4.97. The number of nitrogens with one attached hydrogen (secondary N) is 1. The highest BCUT2D eigenvalue weighted by atomic mass is 32.1. The first-order valence-corrected chi connectivity index (χ1v) is 11.1. The van der Waals surface area contributed by atoms with Gasteiger partial charge in [0, 0.05) is 11.3 Å². The number of benzene rings is 2. The fraction of sp³-hybridized carbons (Fsp3) is 0.130. The first-order valence-electron chi connectivity index (χ1n) is 10.3. The molecule has 2 aromatic carbocycles. The van der Waals surface area contributed by atoms with E-state index in [-0.39, 0.29) is 18.1 Å². The Morgan fingerprint density at radius 1 is 1.18 bits per heavy atom. The fourth-order valence-corrected chi connectivity index (χ4v) is 4.57. The lowest BCUT2D eigenvalue weighted by Gasteiger charge is -2.05. The first-order chi connectivity index (χ1) is 16.4. The molecule has 0 aliphatic rings. The van der Waals surface area contributed by atoms with E-state index in [0.717, 1.165) is 20.8 Å². The van der Waals surface area contributed by atoms with Crippen molar-refractivity contribution in [3.8, 4) is 10.6 Å². The molecule has 0 aliphatic carbocycles. The van der Waals surface area contributed by atoms with Crippen LogP contribution in [0.5, 0.6) is 0 Å². The van der Waals surface area contributed by atoms with E-state index in [9.17, 15) is 14.9 Å². The maximum atomic E-state index is 12.9. The van der Waals surface area contributed by atoms with Gasteiger partial charge in [0.15, 0.2) is 5.69 Å². The van der Waals surface area contributed by atoms with E-state index in [1.807, 2.05) is 24.3 Å². The SMILES string of the molecule is Cc1ccc2nc(-c3ccc(NC(=O)c4noc(C)c4Cn4ccc([N+](=O)[O-])n4)cc3)sc2c1. The van der Waals surface area contributed by atoms with E-state index in [2.05, 4.69) is 33.5 Å². The number of hydrogen-bond donors (Lipinski definition) is 1. The first kappa shape index (κ1) is 21.5. The smallest absolute Gasteiger partial charge is 0.361 e. The summed E-state index contributed by atoms with van der Waals surface area (Å²) in [5.41, 5.74) is 4.29. The van der Waals surface area contributed by atoms with Gasteiger partial charge in [-0.05, 0) is 60.7 Å². The Morgan fingerprint density at radius 3 is 2.71 bits per heavy atom. The number of hydrogen-bond acceptors (Lipinski definition) is 8. The second-order valence-electron chi connectivity index (χ2n) is 7.72. The number of anilines is 1. The van der Waals surface area contributed by atoms with Crippen molar-refractivity contribution < 1.29 is 14.2 Å². The minimum absolute atomic E-state index is 0.0984. The summed E-state index contributed by atoms with van der Waals surface area (Å²) in [5, 5.41) is 22.3. The predicted molar refractivity (Wildman–Crippen MR) is 127 cm³/mol. The Morgan fingerprint density at radius 2 is 1.97 bits per heavy atom. The van der Waals surface area contributed by atoms with Crippen LogP contribution in [0.1, 0.15) is 27.4 Å². The number of aryl methyl sites for hydroxylation is 2. The minimum atomic E-state index is -0.580. The van der Waals surface area contributed by atoms with Gasteiger partial charge >= 0.3 is 5.82 Å². The van der Waals surface area contributed by atoms with Gasteiger partial charge in [-0.1, -0.05) is 11.2 Å². The molecule has 0 fully saturated rings. The zero-order valence-electron chi connectivity index (χ0n) is 18.2. The highest BCUT2D eigenvalue weighted by molar-refractivity contribution is 7.21. The van der Waals surface area contributed by atoms with Crippen molar-refractivity contribution in [1.82, 2.24) is 19.9 Å². The standard InChI is InChI=1S/C23H18N6O4S/c1-13-3-8-18-19(11-13)34-23(25-18)15-4-6-16(7-5-15)24-22(30)21-17(14(2)33-27-21)12-28-10-9-20(26-28)29(31)32/h3-11H,12H2,1-2H3,(H,24,30). The van der Waals surface area contributed by atoms with Crippen molar-refractivity contribution in [1.29, 1.82) is 0 Å². The third-order valence-electron chi connectivity index (χ3n) is 5.27. The summed E-state index contributed by atoms with van der Waals surface area (Å²) < 4.78 is 7.69. The highest BCUT2D eigenvalue weighted by Gasteiger charge is 2.22. The molecule has 34 heavy (non-hydrogen) atoms. The number of carbonyl (C=O) groups is 1. The van der Waals surface area contributed by atoms with Crippen LogP contribution in [0.4, 0.5) is 11.5 Å². The van der Waals surface area contributed by atoms with E-state index in [1.54, 1.807) is 30.4 Å². The molecule has 5 rings (SSSR count). The van der Waals surface area contributed by atoms with Crippen LogP contribution in [0.3, 0.4) is 0 Å². The number of carbonyl (C=O) groups excluding carboxylic acids is 1. The lowest BCUT2D eigenvalue weighted by molar-refractivity contribution is -0.389. The van der Waals surface area contributed by atoms with Crippen molar-refractivity contribution in [2.75, 3.05) is 5.32 Å². The third kappa shape index (κ3) is 4.16. The topological polar surface area (TPSA) is 129 Å². The van der Waals surface area contributed by atoms with Crippen molar-refractivity contribution >= 4 is 39.0 Å². The fourth-order valence-electron chi connectivity index (χ4n) is 3.50. The molecule has 170 valence electrons. The Balaban J connectivity index is 1.33. The second-order valence-corrected chi connectivity index (χ2v) is 8.75. The summed E-state index contributed by atoms with van der Waals surface area (Å²) in [4.78, 5) is 27.8. The molecule has 0 radical (unpaired) electrons. The van der Waals surface area contributed by atoms with E-state index < -0.39 is 10.8 Å². The molecule has 3 heterocycles. The van der Waals surface area contributed by atoms with Crippen molar-refractivity contribution in [2.45, 2.75) is 20.4 Å². The average molecular weight is 475 g/mol. The summed E-state index contributed by atoms with van der Waals surface area (Å²) in [6.45, 7) is 3.84. The maximum Gasteiger partial charge on any atom is 0.389 e. The highest BCUT2D eigenvalue weighted by Crippen LogP contribution is 2.31. The zero-order chi connectivity index (χ0) is 23.8. The molecule has 0 aliphatic heterocycles. The van der Waals surface area contributed by atoms with Crippen molar-refractivity contribution in [2.24, 2.45) is 0 Å². The number of rotatable bonds is 6. The number of amides is 1.